The molecule has 0 aliphatic carbocycles. The Kier molecular flexibility index (Phi) is 5.54. The van der Waals surface area contributed by atoms with Gasteiger partial charge < -0.3 is 15.6 Å². The molecule has 0 bridgehead atoms. The zero-order chi connectivity index (χ0) is 19.6. The highest BCUT2D eigenvalue weighted by molar-refractivity contribution is 7.99. The lowest BCUT2D eigenvalue weighted by molar-refractivity contribution is -0.123. The molecule has 1 aliphatic rings. The van der Waals surface area contributed by atoms with Crippen LogP contribution in [0, 0.1) is 11.6 Å². The summed E-state index contributed by atoms with van der Waals surface area (Å²) in [6.07, 6.45) is 0.583. The number of anilines is 2. The van der Waals surface area contributed by atoms with Crippen LogP contribution in [-0.2, 0) is 9.59 Å². The predicted octanol–water partition coefficient (Wildman–Crippen LogP) is 2.61. The first kappa shape index (κ1) is 19.0. The summed E-state index contributed by atoms with van der Waals surface area (Å²) in [6, 6.07) is 2.69. The topological polar surface area (TPSA) is 104 Å². The van der Waals surface area contributed by atoms with Crippen LogP contribution in [0.2, 0.25) is 0 Å². The summed E-state index contributed by atoms with van der Waals surface area (Å²) in [5.41, 5.74) is -0.776. The fraction of sp³-hybridized carbons (Fsp3) is 0.294. The second-order valence-electron chi connectivity index (χ2n) is 5.90. The van der Waals surface area contributed by atoms with Crippen LogP contribution in [0.1, 0.15) is 31.2 Å². The third kappa shape index (κ3) is 4.16. The van der Waals surface area contributed by atoms with Crippen molar-refractivity contribution in [3.05, 3.63) is 45.8 Å². The molecule has 2 amide bonds. The van der Waals surface area contributed by atoms with E-state index in [4.69, 9.17) is 0 Å². The van der Waals surface area contributed by atoms with Gasteiger partial charge in [-0.1, -0.05) is 18.7 Å². The van der Waals surface area contributed by atoms with Crippen molar-refractivity contribution in [2.75, 3.05) is 16.4 Å². The Labute approximate surface area is 157 Å². The predicted molar refractivity (Wildman–Crippen MR) is 96.8 cm³/mol. The number of amides is 2. The van der Waals surface area contributed by atoms with Crippen LogP contribution in [0.25, 0.3) is 0 Å². The van der Waals surface area contributed by atoms with Gasteiger partial charge in [-0.2, -0.15) is 0 Å². The van der Waals surface area contributed by atoms with Crippen LogP contribution < -0.4 is 16.2 Å². The molecule has 1 unspecified atom stereocenters. The molecule has 3 N–H and O–H groups in total. The molecule has 1 aliphatic heterocycles. The largest absolute Gasteiger partial charge is 0.323 e. The number of carbonyl (C=O) groups is 2. The number of nitrogens with zero attached hydrogens (tertiary/aromatic N) is 1. The number of aromatic amines is 1. The van der Waals surface area contributed by atoms with Crippen molar-refractivity contribution in [3.8, 4) is 0 Å². The summed E-state index contributed by atoms with van der Waals surface area (Å²) in [7, 11) is 0. The second-order valence-corrected chi connectivity index (χ2v) is 6.98. The van der Waals surface area contributed by atoms with Crippen molar-refractivity contribution in [1.29, 1.82) is 0 Å². The summed E-state index contributed by atoms with van der Waals surface area (Å²) >= 11 is 1.32. The minimum Gasteiger partial charge on any atom is -0.323 e. The van der Waals surface area contributed by atoms with Gasteiger partial charge in [0.2, 0.25) is 11.8 Å². The quantitative estimate of drug-likeness (QED) is 0.534. The molecule has 27 heavy (non-hydrogen) atoms. The van der Waals surface area contributed by atoms with Gasteiger partial charge in [0.1, 0.15) is 17.5 Å². The van der Waals surface area contributed by atoms with Crippen LogP contribution in [0.5, 0.6) is 0 Å². The lowest BCUT2D eigenvalue weighted by Gasteiger charge is -2.23. The molecule has 1 aromatic carbocycles. The van der Waals surface area contributed by atoms with E-state index in [0.717, 1.165) is 24.3 Å². The van der Waals surface area contributed by atoms with Gasteiger partial charge >= 0.3 is 0 Å². The SMILES string of the molecule is CCCSc1nc2c(c(=O)[nH]1)C(C(=O)Nc1ccc(F)cc1F)CC(=O)N2. The van der Waals surface area contributed by atoms with Crippen molar-refractivity contribution in [3.63, 3.8) is 0 Å². The molecule has 0 radical (unpaired) electrons. The number of benzene rings is 1. The normalized spacial score (nSPS) is 15.8. The lowest BCUT2D eigenvalue weighted by Crippen LogP contribution is -2.36. The fourth-order valence-corrected chi connectivity index (χ4v) is 3.37. The molecule has 1 atom stereocenters. The number of H-pyrrole nitrogens is 1. The van der Waals surface area contributed by atoms with Gasteiger partial charge in [0.25, 0.3) is 5.56 Å². The minimum absolute atomic E-state index is 0.00969. The third-order valence-electron chi connectivity index (χ3n) is 3.88. The first-order chi connectivity index (χ1) is 12.9. The number of carbonyl (C=O) groups excluding carboxylic acids is 2. The highest BCUT2D eigenvalue weighted by atomic mass is 32.2. The number of hydrogen-bond acceptors (Lipinski definition) is 5. The van der Waals surface area contributed by atoms with Crippen LogP contribution in [-0.4, -0.2) is 27.5 Å². The molecule has 142 valence electrons. The zero-order valence-electron chi connectivity index (χ0n) is 14.3. The molecule has 2 aromatic rings. The number of thioether (sulfide) groups is 1. The first-order valence-corrected chi connectivity index (χ1v) is 9.20. The first-order valence-electron chi connectivity index (χ1n) is 8.21. The van der Waals surface area contributed by atoms with E-state index in [9.17, 15) is 23.2 Å². The molecular weight excluding hydrogens is 378 g/mol. The summed E-state index contributed by atoms with van der Waals surface area (Å²) in [6.45, 7) is 1.97. The maximum absolute atomic E-state index is 13.8. The summed E-state index contributed by atoms with van der Waals surface area (Å²) in [5, 5.41) is 5.14. The van der Waals surface area contributed by atoms with Gasteiger partial charge in [-0.05, 0) is 18.6 Å². The molecule has 1 aromatic heterocycles. The minimum atomic E-state index is -1.14. The van der Waals surface area contributed by atoms with Crippen LogP contribution in [0.3, 0.4) is 0 Å². The van der Waals surface area contributed by atoms with E-state index in [1.807, 2.05) is 6.92 Å². The Morgan fingerprint density at radius 1 is 1.37 bits per heavy atom. The maximum Gasteiger partial charge on any atom is 0.257 e. The number of halogens is 2. The summed E-state index contributed by atoms with van der Waals surface area (Å²) in [5.74, 6) is -3.37. The molecule has 3 rings (SSSR count). The highest BCUT2D eigenvalue weighted by Crippen LogP contribution is 2.30. The van der Waals surface area contributed by atoms with E-state index in [-0.39, 0.29) is 23.5 Å². The number of hydrogen-bond donors (Lipinski definition) is 3. The lowest BCUT2D eigenvalue weighted by atomic mass is 9.92. The van der Waals surface area contributed by atoms with Crippen molar-refractivity contribution >= 4 is 35.1 Å². The number of nitrogens with one attached hydrogen (secondary N) is 3. The average molecular weight is 394 g/mol. The number of fused-ring (bicyclic) bond motifs is 1. The van der Waals surface area contributed by atoms with Crippen molar-refractivity contribution in [1.82, 2.24) is 9.97 Å². The van der Waals surface area contributed by atoms with E-state index in [1.54, 1.807) is 0 Å². The second kappa shape index (κ2) is 7.87. The van der Waals surface area contributed by atoms with Gasteiger partial charge in [-0.25, -0.2) is 13.8 Å². The Morgan fingerprint density at radius 2 is 2.15 bits per heavy atom. The zero-order valence-corrected chi connectivity index (χ0v) is 15.1. The molecule has 7 nitrogen and oxygen atoms in total. The Hall–Kier alpha value is -2.75. The van der Waals surface area contributed by atoms with Crippen molar-refractivity contribution in [2.24, 2.45) is 0 Å². The standard InChI is InChI=1S/C17H16F2N4O3S/c1-2-5-27-17-22-14-13(16(26)23-17)9(7-12(24)21-14)15(25)20-11-4-3-8(18)6-10(11)19/h3-4,6,9H,2,5,7H2,1H3,(H,20,25)(H2,21,22,23,24,26). The highest BCUT2D eigenvalue weighted by Gasteiger charge is 2.35. The van der Waals surface area contributed by atoms with Crippen LogP contribution in [0.15, 0.2) is 28.2 Å². The summed E-state index contributed by atoms with van der Waals surface area (Å²) < 4.78 is 26.8. The molecule has 0 spiro atoms. The van der Waals surface area contributed by atoms with Crippen molar-refractivity contribution < 1.29 is 18.4 Å². The van der Waals surface area contributed by atoms with Gasteiger partial charge in [0, 0.05) is 18.2 Å². The van der Waals surface area contributed by atoms with Crippen LogP contribution >= 0.6 is 11.8 Å². The molecule has 0 fully saturated rings. The maximum atomic E-state index is 13.8. The third-order valence-corrected chi connectivity index (χ3v) is 4.96. The molecule has 10 heteroatoms. The van der Waals surface area contributed by atoms with E-state index < -0.39 is 34.9 Å². The summed E-state index contributed by atoms with van der Waals surface area (Å²) in [4.78, 5) is 43.8. The Bertz CT molecular complexity index is 964. The van der Waals surface area contributed by atoms with Gasteiger partial charge in [0.15, 0.2) is 5.16 Å². The van der Waals surface area contributed by atoms with E-state index in [1.165, 1.54) is 11.8 Å². The average Bonchev–Trinajstić information content (AvgIpc) is 2.61. The van der Waals surface area contributed by atoms with E-state index in [2.05, 4.69) is 20.6 Å². The molecular formula is C17H16F2N4O3S. The fourth-order valence-electron chi connectivity index (χ4n) is 2.65. The van der Waals surface area contributed by atoms with E-state index >= 15 is 0 Å². The molecule has 2 heterocycles. The number of aromatic nitrogens is 2. The van der Waals surface area contributed by atoms with Gasteiger partial charge in [0.05, 0.1) is 17.2 Å². The Morgan fingerprint density at radius 3 is 2.85 bits per heavy atom. The number of rotatable bonds is 5. The van der Waals surface area contributed by atoms with Gasteiger partial charge in [-0.3, -0.25) is 14.4 Å². The molecule has 0 saturated carbocycles. The smallest absolute Gasteiger partial charge is 0.257 e. The van der Waals surface area contributed by atoms with Gasteiger partial charge in [-0.15, -0.1) is 0 Å². The van der Waals surface area contributed by atoms with Crippen LogP contribution in [0.4, 0.5) is 20.3 Å². The Balaban J connectivity index is 1.92. The molecule has 0 saturated heterocycles. The van der Waals surface area contributed by atoms with E-state index in [0.29, 0.717) is 11.2 Å². The monoisotopic (exact) mass is 394 g/mol. The van der Waals surface area contributed by atoms with Crippen molar-refractivity contribution in [2.45, 2.75) is 30.8 Å².